The third-order valence-electron chi connectivity index (χ3n) is 7.59. The van der Waals surface area contributed by atoms with Gasteiger partial charge in [-0.2, -0.15) is 0 Å². The number of fused-ring (bicyclic) bond motifs is 1. The van der Waals surface area contributed by atoms with Crippen LogP contribution in [0.5, 0.6) is 5.75 Å². The number of amides is 3. The van der Waals surface area contributed by atoms with Gasteiger partial charge in [0.1, 0.15) is 17.5 Å². The van der Waals surface area contributed by atoms with Crippen LogP contribution in [0, 0.1) is 24.2 Å². The summed E-state index contributed by atoms with van der Waals surface area (Å²) in [5.74, 6) is 2.62. The Morgan fingerprint density at radius 3 is 2.74 bits per heavy atom. The molecule has 4 atom stereocenters. The molecule has 0 bridgehead atoms. The van der Waals surface area contributed by atoms with Crippen molar-refractivity contribution in [1.29, 1.82) is 0 Å². The van der Waals surface area contributed by atoms with E-state index in [0.29, 0.717) is 43.8 Å². The molecular weight excluding hydrogens is 480 g/mol. The summed E-state index contributed by atoms with van der Waals surface area (Å²) >= 11 is 0. The summed E-state index contributed by atoms with van der Waals surface area (Å²) in [5, 5.41) is 6.56. The van der Waals surface area contributed by atoms with Crippen molar-refractivity contribution in [2.24, 2.45) is 11.8 Å². The molecule has 196 valence electrons. The van der Waals surface area contributed by atoms with E-state index in [1.165, 1.54) is 0 Å². The molecule has 2 aliphatic heterocycles. The number of ether oxygens (including phenoxy) is 1. The van der Waals surface area contributed by atoms with E-state index in [1.54, 1.807) is 18.1 Å². The fourth-order valence-corrected chi connectivity index (χ4v) is 5.66. The van der Waals surface area contributed by atoms with Crippen LogP contribution in [-0.4, -0.2) is 59.9 Å². The zero-order valence-electron chi connectivity index (χ0n) is 21.4. The van der Waals surface area contributed by atoms with Gasteiger partial charge in [0.2, 0.25) is 11.8 Å². The predicted octanol–water partition coefficient (Wildman–Crippen LogP) is 2.89. The van der Waals surface area contributed by atoms with Gasteiger partial charge < -0.3 is 25.3 Å². The van der Waals surface area contributed by atoms with E-state index in [9.17, 15) is 14.4 Å². The van der Waals surface area contributed by atoms with Gasteiger partial charge in [-0.1, -0.05) is 42.3 Å². The molecular formula is C30H32N4O4. The number of carbonyl (C=O) groups excluding carboxylic acids is 3. The van der Waals surface area contributed by atoms with Crippen LogP contribution in [0.2, 0.25) is 0 Å². The quantitative estimate of drug-likeness (QED) is 0.404. The molecule has 8 heteroatoms. The van der Waals surface area contributed by atoms with Crippen LogP contribution in [0.4, 0.5) is 0 Å². The number of nitrogens with zero attached hydrogens (tertiary/aromatic N) is 1. The summed E-state index contributed by atoms with van der Waals surface area (Å²) in [5.41, 5.74) is 2.35. The lowest BCUT2D eigenvalue weighted by Gasteiger charge is -2.25. The minimum absolute atomic E-state index is 0.0330. The Bertz CT molecular complexity index is 1380. The van der Waals surface area contributed by atoms with Crippen LogP contribution in [0.3, 0.4) is 0 Å². The molecule has 2 saturated heterocycles. The van der Waals surface area contributed by atoms with Crippen molar-refractivity contribution in [3.05, 3.63) is 65.9 Å². The van der Waals surface area contributed by atoms with Gasteiger partial charge in [0.05, 0.1) is 13.2 Å². The van der Waals surface area contributed by atoms with Crippen LogP contribution in [0.25, 0.3) is 10.9 Å². The fourth-order valence-electron chi connectivity index (χ4n) is 5.66. The molecule has 1 aromatic heterocycles. The largest absolute Gasteiger partial charge is 0.496 e. The van der Waals surface area contributed by atoms with Crippen molar-refractivity contribution in [3.8, 4) is 18.1 Å². The first-order chi connectivity index (χ1) is 18.5. The number of hydrogen-bond acceptors (Lipinski definition) is 4. The molecule has 1 unspecified atom stereocenters. The van der Waals surface area contributed by atoms with E-state index in [4.69, 9.17) is 11.2 Å². The Morgan fingerprint density at radius 2 is 2.03 bits per heavy atom. The highest BCUT2D eigenvalue weighted by atomic mass is 16.5. The summed E-state index contributed by atoms with van der Waals surface area (Å²) in [6.45, 7) is 1.07. The molecule has 0 spiro atoms. The first kappa shape index (κ1) is 25.4. The zero-order valence-corrected chi connectivity index (χ0v) is 21.4. The van der Waals surface area contributed by atoms with Crippen LogP contribution in [0.15, 0.2) is 54.6 Å². The number of rotatable bonds is 8. The van der Waals surface area contributed by atoms with Crippen LogP contribution < -0.4 is 15.4 Å². The Labute approximate surface area is 222 Å². The number of methoxy groups -OCH3 is 1. The Balaban J connectivity index is 1.37. The summed E-state index contributed by atoms with van der Waals surface area (Å²) in [6.07, 6.45) is 8.10. The number of terminal acetylenes is 1. The smallest absolute Gasteiger partial charge is 0.270 e. The fraction of sp³-hybridized carbons (Fsp3) is 0.367. The summed E-state index contributed by atoms with van der Waals surface area (Å²) in [4.78, 5) is 44.2. The van der Waals surface area contributed by atoms with Crippen molar-refractivity contribution >= 4 is 28.6 Å². The second kappa shape index (κ2) is 11.0. The monoisotopic (exact) mass is 512 g/mol. The lowest BCUT2D eigenvalue weighted by Crippen LogP contribution is -2.49. The van der Waals surface area contributed by atoms with Crippen molar-refractivity contribution in [3.63, 3.8) is 0 Å². The maximum Gasteiger partial charge on any atom is 0.270 e. The zero-order chi connectivity index (χ0) is 26.6. The minimum atomic E-state index is -0.669. The molecule has 2 aromatic carbocycles. The molecule has 0 aliphatic carbocycles. The van der Waals surface area contributed by atoms with Gasteiger partial charge in [-0.15, -0.1) is 6.42 Å². The molecule has 3 amide bonds. The predicted molar refractivity (Wildman–Crippen MR) is 144 cm³/mol. The number of H-pyrrole nitrogens is 1. The number of carbonyl (C=O) groups is 3. The highest BCUT2D eigenvalue weighted by Crippen LogP contribution is 2.31. The molecule has 0 saturated carbocycles. The van der Waals surface area contributed by atoms with E-state index < -0.39 is 12.1 Å². The number of aromatic nitrogens is 1. The lowest BCUT2D eigenvalue weighted by molar-refractivity contribution is -0.126. The van der Waals surface area contributed by atoms with Gasteiger partial charge in [-0.25, -0.2) is 0 Å². The van der Waals surface area contributed by atoms with Gasteiger partial charge in [0.25, 0.3) is 5.91 Å². The first-order valence-electron chi connectivity index (χ1n) is 13.0. The maximum atomic E-state index is 13.8. The Morgan fingerprint density at radius 1 is 1.21 bits per heavy atom. The average Bonchev–Trinajstić information content (AvgIpc) is 3.66. The van der Waals surface area contributed by atoms with Gasteiger partial charge in [-0.05, 0) is 55.4 Å². The summed E-state index contributed by atoms with van der Waals surface area (Å²) in [6, 6.07) is 16.2. The van der Waals surface area contributed by atoms with Crippen molar-refractivity contribution in [2.45, 2.75) is 37.8 Å². The summed E-state index contributed by atoms with van der Waals surface area (Å²) in [7, 11) is 1.59. The molecule has 3 N–H and O–H groups in total. The lowest BCUT2D eigenvalue weighted by atomic mass is 9.96. The summed E-state index contributed by atoms with van der Waals surface area (Å²) < 4.78 is 5.45. The van der Waals surface area contributed by atoms with E-state index in [1.807, 2.05) is 36.4 Å². The van der Waals surface area contributed by atoms with E-state index >= 15 is 0 Å². The first-order valence-corrected chi connectivity index (χ1v) is 13.0. The van der Waals surface area contributed by atoms with Gasteiger partial charge in [0.15, 0.2) is 0 Å². The van der Waals surface area contributed by atoms with Gasteiger partial charge >= 0.3 is 0 Å². The molecule has 3 aromatic rings. The minimum Gasteiger partial charge on any atom is -0.496 e. The molecule has 0 radical (unpaired) electrons. The van der Waals surface area contributed by atoms with Crippen LogP contribution in [-0.2, 0) is 16.0 Å². The maximum absolute atomic E-state index is 13.8. The number of benzene rings is 2. The molecule has 8 nitrogen and oxygen atoms in total. The SMILES string of the molecule is C#C[C@H](CC1CCNC1=O)NC(=O)[C@@H]1C[C@@H](Cc2ccccc2)CN1C(=O)c1cc2c(OC)cccc2[nH]1. The van der Waals surface area contributed by atoms with Crippen molar-refractivity contribution in [1.82, 2.24) is 20.5 Å². The van der Waals surface area contributed by atoms with Gasteiger partial charge in [-0.3, -0.25) is 14.4 Å². The third kappa shape index (κ3) is 5.23. The van der Waals surface area contributed by atoms with Crippen LogP contribution >= 0.6 is 0 Å². The average molecular weight is 513 g/mol. The topological polar surface area (TPSA) is 104 Å². The highest BCUT2D eigenvalue weighted by molar-refractivity contribution is 6.01. The van der Waals surface area contributed by atoms with Gasteiger partial charge in [0, 0.05) is 29.9 Å². The standard InChI is InChI=1S/C30H32N4O4/c1-3-22(16-21-12-13-31-28(21)35)32-29(36)26-15-20(14-19-8-5-4-6-9-19)18-34(26)30(37)25-17-23-24(33-25)10-7-11-27(23)38-2/h1,4-11,17,20-22,26,33H,12-16,18H2,2H3,(H,31,35)(H,32,36)/t20-,21?,22-,26+/m1/s1. The number of nitrogens with one attached hydrogen (secondary N) is 3. The van der Waals surface area contributed by atoms with Crippen LogP contribution in [0.1, 0.15) is 35.3 Å². The molecule has 38 heavy (non-hydrogen) atoms. The van der Waals surface area contributed by atoms with Crippen molar-refractivity contribution in [2.75, 3.05) is 20.2 Å². The molecule has 2 fully saturated rings. The molecule has 3 heterocycles. The van der Waals surface area contributed by atoms with E-state index in [-0.39, 0.29) is 29.6 Å². The normalized spacial score (nSPS) is 21.6. The number of likely N-dealkylation sites (tertiary alicyclic amines) is 1. The Kier molecular flexibility index (Phi) is 7.36. The van der Waals surface area contributed by atoms with Crippen molar-refractivity contribution < 1.29 is 19.1 Å². The second-order valence-corrected chi connectivity index (χ2v) is 10.1. The van der Waals surface area contributed by atoms with E-state index in [2.05, 4.69) is 33.7 Å². The Hall–Kier alpha value is -4.25. The molecule has 2 aliphatic rings. The number of aromatic amines is 1. The third-order valence-corrected chi connectivity index (χ3v) is 7.59. The molecule has 5 rings (SSSR count). The van der Waals surface area contributed by atoms with E-state index in [0.717, 1.165) is 22.9 Å². The number of hydrogen-bond donors (Lipinski definition) is 3. The second-order valence-electron chi connectivity index (χ2n) is 10.1. The highest BCUT2D eigenvalue weighted by Gasteiger charge is 2.41.